The fraction of sp³-hybridized carbons (Fsp3) is 0.250. The summed E-state index contributed by atoms with van der Waals surface area (Å²) in [5.41, 5.74) is 0.0491. The number of hydrogen-bond acceptors (Lipinski definition) is 5. The SMILES string of the molecule is CC(=O)[C@H](Cc1ccccc1)NC(=O)CN1C(=O)N[C@@](C)(c2cc3ccccc3o2)C1=O. The number of ketones is 1. The molecule has 8 heteroatoms. The van der Waals surface area contributed by atoms with Crippen molar-refractivity contribution < 1.29 is 23.6 Å². The number of carbonyl (C=O) groups excluding carboxylic acids is 4. The first-order chi connectivity index (χ1) is 15.3. The predicted molar refractivity (Wildman–Crippen MR) is 117 cm³/mol. The number of amides is 4. The Hall–Kier alpha value is -3.94. The zero-order chi connectivity index (χ0) is 22.9. The number of nitrogens with zero attached hydrogens (tertiary/aromatic N) is 1. The first-order valence-corrected chi connectivity index (χ1v) is 10.2. The number of para-hydroxylation sites is 1. The lowest BCUT2D eigenvalue weighted by Gasteiger charge is -2.20. The molecular formula is C24H23N3O5. The molecule has 1 saturated heterocycles. The molecular weight excluding hydrogens is 410 g/mol. The summed E-state index contributed by atoms with van der Waals surface area (Å²) in [6, 6.07) is 16.8. The predicted octanol–water partition coefficient (Wildman–Crippen LogP) is 2.52. The molecule has 1 fully saturated rings. The Bertz CT molecular complexity index is 1170. The average Bonchev–Trinajstić information content (AvgIpc) is 3.30. The summed E-state index contributed by atoms with van der Waals surface area (Å²) in [4.78, 5) is 51.1. The first kappa shape index (κ1) is 21.3. The molecule has 0 aliphatic carbocycles. The highest BCUT2D eigenvalue weighted by Crippen LogP contribution is 2.32. The lowest BCUT2D eigenvalue weighted by molar-refractivity contribution is -0.135. The Morgan fingerprint density at radius 2 is 1.78 bits per heavy atom. The molecule has 32 heavy (non-hydrogen) atoms. The van der Waals surface area contributed by atoms with Gasteiger partial charge in [-0.1, -0.05) is 48.5 Å². The normalized spacial score (nSPS) is 19.1. The summed E-state index contributed by atoms with van der Waals surface area (Å²) in [6.45, 7) is 2.43. The molecule has 4 amide bonds. The summed E-state index contributed by atoms with van der Waals surface area (Å²) in [5, 5.41) is 6.06. The molecule has 0 radical (unpaired) electrons. The summed E-state index contributed by atoms with van der Waals surface area (Å²) >= 11 is 0. The van der Waals surface area contributed by atoms with Crippen LogP contribution in [0.2, 0.25) is 0 Å². The van der Waals surface area contributed by atoms with Gasteiger partial charge in [-0.2, -0.15) is 0 Å². The second-order valence-electron chi connectivity index (χ2n) is 8.02. The molecule has 0 saturated carbocycles. The number of benzene rings is 2. The Kier molecular flexibility index (Phi) is 5.52. The Morgan fingerprint density at radius 3 is 2.47 bits per heavy atom. The van der Waals surface area contributed by atoms with Crippen LogP contribution in [0.1, 0.15) is 25.2 Å². The Labute approximate surface area is 184 Å². The smallest absolute Gasteiger partial charge is 0.325 e. The molecule has 3 aromatic rings. The molecule has 8 nitrogen and oxygen atoms in total. The summed E-state index contributed by atoms with van der Waals surface area (Å²) < 4.78 is 5.78. The van der Waals surface area contributed by atoms with Gasteiger partial charge < -0.3 is 15.1 Å². The van der Waals surface area contributed by atoms with Crippen LogP contribution >= 0.6 is 0 Å². The van der Waals surface area contributed by atoms with Crippen LogP contribution < -0.4 is 10.6 Å². The van der Waals surface area contributed by atoms with E-state index in [4.69, 9.17) is 4.42 Å². The molecule has 0 spiro atoms. The molecule has 2 atom stereocenters. The molecule has 1 aromatic heterocycles. The van der Waals surface area contributed by atoms with E-state index in [0.717, 1.165) is 15.8 Å². The minimum absolute atomic E-state index is 0.216. The number of nitrogens with one attached hydrogen (secondary N) is 2. The van der Waals surface area contributed by atoms with Gasteiger partial charge in [0, 0.05) is 5.39 Å². The van der Waals surface area contributed by atoms with E-state index in [1.807, 2.05) is 48.5 Å². The van der Waals surface area contributed by atoms with Gasteiger partial charge in [0.15, 0.2) is 11.3 Å². The number of furan rings is 1. The van der Waals surface area contributed by atoms with Gasteiger partial charge in [-0.15, -0.1) is 0 Å². The van der Waals surface area contributed by atoms with E-state index >= 15 is 0 Å². The van der Waals surface area contributed by atoms with E-state index < -0.39 is 36.0 Å². The van der Waals surface area contributed by atoms with Crippen molar-refractivity contribution in [1.29, 1.82) is 0 Å². The van der Waals surface area contributed by atoms with E-state index in [2.05, 4.69) is 10.6 Å². The van der Waals surface area contributed by atoms with Gasteiger partial charge in [0.2, 0.25) is 5.91 Å². The monoisotopic (exact) mass is 433 g/mol. The zero-order valence-electron chi connectivity index (χ0n) is 17.8. The van der Waals surface area contributed by atoms with Gasteiger partial charge in [-0.25, -0.2) is 4.79 Å². The lowest BCUT2D eigenvalue weighted by atomic mass is 9.99. The van der Waals surface area contributed by atoms with Crippen LogP contribution in [-0.2, 0) is 26.3 Å². The van der Waals surface area contributed by atoms with Crippen molar-refractivity contribution in [3.05, 3.63) is 72.0 Å². The number of Topliss-reactive ketones (excluding diaryl/α,β-unsaturated/α-hetero) is 1. The van der Waals surface area contributed by atoms with Crippen LogP contribution in [0.4, 0.5) is 4.79 Å². The topological polar surface area (TPSA) is 109 Å². The fourth-order valence-electron chi connectivity index (χ4n) is 3.77. The van der Waals surface area contributed by atoms with E-state index in [1.165, 1.54) is 13.8 Å². The van der Waals surface area contributed by atoms with Crippen molar-refractivity contribution in [3.8, 4) is 0 Å². The highest BCUT2D eigenvalue weighted by atomic mass is 16.3. The average molecular weight is 433 g/mol. The third-order valence-corrected chi connectivity index (χ3v) is 5.60. The van der Waals surface area contributed by atoms with Crippen LogP contribution in [0.15, 0.2) is 65.1 Å². The quantitative estimate of drug-likeness (QED) is 0.557. The van der Waals surface area contributed by atoms with Gasteiger partial charge in [-0.05, 0) is 38.0 Å². The molecule has 2 heterocycles. The largest absolute Gasteiger partial charge is 0.458 e. The van der Waals surface area contributed by atoms with Crippen molar-refractivity contribution in [2.75, 3.05) is 6.54 Å². The molecule has 4 rings (SSSR count). The Balaban J connectivity index is 1.47. The standard InChI is InChI=1S/C24H23N3O5/c1-15(28)18(12-16-8-4-3-5-9-16)25-21(29)14-27-22(30)24(2,26-23(27)31)20-13-17-10-6-7-11-19(17)32-20/h3-11,13,18H,12,14H2,1-2H3,(H,25,29)(H,26,31)/t18-,24-/m0/s1. The molecule has 164 valence electrons. The molecule has 0 unspecified atom stereocenters. The fourth-order valence-corrected chi connectivity index (χ4v) is 3.77. The number of urea groups is 1. The molecule has 1 aliphatic heterocycles. The second kappa shape index (κ2) is 8.30. The van der Waals surface area contributed by atoms with Crippen LogP contribution in [-0.4, -0.2) is 41.1 Å². The van der Waals surface area contributed by atoms with E-state index in [9.17, 15) is 19.2 Å². The number of imide groups is 1. The van der Waals surface area contributed by atoms with Crippen molar-refractivity contribution in [2.45, 2.75) is 31.8 Å². The maximum Gasteiger partial charge on any atom is 0.325 e. The summed E-state index contributed by atoms with van der Waals surface area (Å²) in [5.74, 6) is -1.13. The molecule has 2 aromatic carbocycles. The maximum absolute atomic E-state index is 13.1. The third-order valence-electron chi connectivity index (χ3n) is 5.60. The molecule has 1 aliphatic rings. The number of hydrogen-bond donors (Lipinski definition) is 2. The van der Waals surface area contributed by atoms with E-state index in [0.29, 0.717) is 12.0 Å². The lowest BCUT2D eigenvalue weighted by Crippen LogP contribution is -2.48. The van der Waals surface area contributed by atoms with E-state index in [-0.39, 0.29) is 11.5 Å². The Morgan fingerprint density at radius 1 is 1.09 bits per heavy atom. The number of rotatable bonds is 7. The van der Waals surface area contributed by atoms with Gasteiger partial charge in [0.25, 0.3) is 5.91 Å². The molecule has 2 N–H and O–H groups in total. The summed E-state index contributed by atoms with van der Waals surface area (Å²) in [6.07, 6.45) is 0.318. The molecule has 0 bridgehead atoms. The van der Waals surface area contributed by atoms with Crippen LogP contribution in [0.5, 0.6) is 0 Å². The third kappa shape index (κ3) is 3.99. The minimum Gasteiger partial charge on any atom is -0.458 e. The van der Waals surface area contributed by atoms with Crippen molar-refractivity contribution in [1.82, 2.24) is 15.5 Å². The highest BCUT2D eigenvalue weighted by Gasteiger charge is 2.51. The highest BCUT2D eigenvalue weighted by molar-refractivity contribution is 6.09. The number of fused-ring (bicyclic) bond motifs is 1. The first-order valence-electron chi connectivity index (χ1n) is 10.2. The van der Waals surface area contributed by atoms with Crippen molar-refractivity contribution in [2.24, 2.45) is 0 Å². The van der Waals surface area contributed by atoms with E-state index in [1.54, 1.807) is 12.1 Å². The van der Waals surface area contributed by atoms with Gasteiger partial charge in [0.05, 0.1) is 6.04 Å². The van der Waals surface area contributed by atoms with Gasteiger partial charge in [0.1, 0.15) is 17.9 Å². The summed E-state index contributed by atoms with van der Waals surface area (Å²) in [7, 11) is 0. The zero-order valence-corrected chi connectivity index (χ0v) is 17.8. The minimum atomic E-state index is -1.43. The van der Waals surface area contributed by atoms with Crippen LogP contribution in [0.25, 0.3) is 11.0 Å². The van der Waals surface area contributed by atoms with Crippen molar-refractivity contribution in [3.63, 3.8) is 0 Å². The van der Waals surface area contributed by atoms with Gasteiger partial charge >= 0.3 is 6.03 Å². The maximum atomic E-state index is 13.1. The van der Waals surface area contributed by atoms with Crippen LogP contribution in [0, 0.1) is 0 Å². The van der Waals surface area contributed by atoms with Crippen LogP contribution in [0.3, 0.4) is 0 Å². The van der Waals surface area contributed by atoms with Crippen molar-refractivity contribution >= 4 is 34.6 Å². The number of carbonyl (C=O) groups is 4. The van der Waals surface area contributed by atoms with Gasteiger partial charge in [-0.3, -0.25) is 19.3 Å². The second-order valence-corrected chi connectivity index (χ2v) is 8.02.